The van der Waals surface area contributed by atoms with Crippen LogP contribution in [0.15, 0.2) is 6.20 Å². The van der Waals surface area contributed by atoms with Crippen LogP contribution in [0.4, 0.5) is 17.6 Å². The average Bonchev–Trinajstić information content (AvgIpc) is 2.45. The van der Waals surface area contributed by atoms with Gasteiger partial charge in [-0.15, -0.1) is 0 Å². The molecule has 0 bridgehead atoms. The Morgan fingerprint density at radius 2 is 2.14 bits per heavy atom. The van der Waals surface area contributed by atoms with E-state index in [0.29, 0.717) is 0 Å². The van der Waals surface area contributed by atoms with Crippen molar-refractivity contribution in [3.63, 3.8) is 0 Å². The SMILES string of the molecule is Cn1cc(C(F)CN)c(C(F)(F)F)n1. The van der Waals surface area contributed by atoms with Crippen molar-refractivity contribution in [3.05, 3.63) is 17.5 Å². The highest BCUT2D eigenvalue weighted by Gasteiger charge is 2.38. The Hall–Kier alpha value is -1.11. The van der Waals surface area contributed by atoms with Crippen molar-refractivity contribution in [2.24, 2.45) is 12.8 Å². The topological polar surface area (TPSA) is 43.8 Å². The van der Waals surface area contributed by atoms with Gasteiger partial charge in [0.05, 0.1) is 0 Å². The summed E-state index contributed by atoms with van der Waals surface area (Å²) in [4.78, 5) is 0. The predicted molar refractivity (Wildman–Crippen MR) is 41.1 cm³/mol. The second kappa shape index (κ2) is 3.56. The lowest BCUT2D eigenvalue weighted by atomic mass is 10.1. The van der Waals surface area contributed by atoms with Gasteiger partial charge in [-0.05, 0) is 0 Å². The third-order valence-corrected chi connectivity index (χ3v) is 1.67. The van der Waals surface area contributed by atoms with Gasteiger partial charge in [0.25, 0.3) is 0 Å². The molecule has 0 aliphatic heterocycles. The summed E-state index contributed by atoms with van der Waals surface area (Å²) < 4.78 is 50.7. The molecule has 80 valence electrons. The van der Waals surface area contributed by atoms with Gasteiger partial charge in [0.2, 0.25) is 0 Å². The molecule has 0 saturated carbocycles. The van der Waals surface area contributed by atoms with Crippen molar-refractivity contribution in [1.29, 1.82) is 0 Å². The minimum Gasteiger partial charge on any atom is -0.327 e. The van der Waals surface area contributed by atoms with Crippen molar-refractivity contribution in [1.82, 2.24) is 9.78 Å². The molecule has 0 aliphatic carbocycles. The van der Waals surface area contributed by atoms with Crippen LogP contribution in [0.5, 0.6) is 0 Å². The van der Waals surface area contributed by atoms with Crippen LogP contribution in [0.2, 0.25) is 0 Å². The molecule has 3 nitrogen and oxygen atoms in total. The van der Waals surface area contributed by atoms with E-state index in [1.165, 1.54) is 7.05 Å². The number of nitrogens with two attached hydrogens (primary N) is 1. The molecule has 14 heavy (non-hydrogen) atoms. The van der Waals surface area contributed by atoms with Crippen LogP contribution >= 0.6 is 0 Å². The largest absolute Gasteiger partial charge is 0.435 e. The lowest BCUT2D eigenvalue weighted by Crippen LogP contribution is -2.14. The third-order valence-electron chi connectivity index (χ3n) is 1.67. The Morgan fingerprint density at radius 3 is 2.57 bits per heavy atom. The first-order chi connectivity index (χ1) is 6.36. The third kappa shape index (κ3) is 2.03. The second-order valence-electron chi connectivity index (χ2n) is 2.81. The Balaban J connectivity index is 3.16. The number of rotatable bonds is 2. The first-order valence-corrected chi connectivity index (χ1v) is 3.81. The maximum Gasteiger partial charge on any atom is 0.435 e. The highest BCUT2D eigenvalue weighted by molar-refractivity contribution is 5.22. The maximum absolute atomic E-state index is 13.0. The van der Waals surface area contributed by atoms with Crippen LogP contribution in [0.25, 0.3) is 0 Å². The number of hydrogen-bond acceptors (Lipinski definition) is 2. The molecule has 0 radical (unpaired) electrons. The molecular weight excluding hydrogens is 202 g/mol. The van der Waals surface area contributed by atoms with Crippen LogP contribution in [0, 0.1) is 0 Å². The Labute approximate surface area is 77.5 Å². The van der Waals surface area contributed by atoms with Gasteiger partial charge in [-0.3, -0.25) is 4.68 Å². The fraction of sp³-hybridized carbons (Fsp3) is 0.571. The van der Waals surface area contributed by atoms with Gasteiger partial charge in [0, 0.05) is 25.4 Å². The van der Waals surface area contributed by atoms with E-state index >= 15 is 0 Å². The summed E-state index contributed by atoms with van der Waals surface area (Å²) in [7, 11) is 1.29. The van der Waals surface area contributed by atoms with Gasteiger partial charge in [-0.2, -0.15) is 18.3 Å². The van der Waals surface area contributed by atoms with E-state index in [1.807, 2.05) is 0 Å². The average molecular weight is 211 g/mol. The van der Waals surface area contributed by atoms with Gasteiger partial charge >= 0.3 is 6.18 Å². The molecule has 1 atom stereocenters. The maximum atomic E-state index is 13.0. The number of halogens is 4. The number of aryl methyl sites for hydroxylation is 1. The van der Waals surface area contributed by atoms with E-state index in [1.54, 1.807) is 0 Å². The van der Waals surface area contributed by atoms with Crippen molar-refractivity contribution in [2.45, 2.75) is 12.3 Å². The number of alkyl halides is 4. The van der Waals surface area contributed by atoms with Gasteiger partial charge in [0.1, 0.15) is 6.17 Å². The molecule has 0 saturated heterocycles. The number of hydrogen-bond donors (Lipinski definition) is 1. The smallest absolute Gasteiger partial charge is 0.327 e. The quantitative estimate of drug-likeness (QED) is 0.751. The normalized spacial score (nSPS) is 14.4. The summed E-state index contributed by atoms with van der Waals surface area (Å²) in [6.07, 6.45) is -5.49. The fourth-order valence-corrected chi connectivity index (χ4v) is 1.08. The molecule has 1 aromatic heterocycles. The first kappa shape index (κ1) is 11.0. The van der Waals surface area contributed by atoms with Gasteiger partial charge in [-0.1, -0.05) is 0 Å². The van der Waals surface area contributed by atoms with E-state index in [0.717, 1.165) is 10.9 Å². The van der Waals surface area contributed by atoms with Crippen LogP contribution in [-0.4, -0.2) is 16.3 Å². The van der Waals surface area contributed by atoms with E-state index in [-0.39, 0.29) is 0 Å². The van der Waals surface area contributed by atoms with E-state index in [2.05, 4.69) is 5.10 Å². The van der Waals surface area contributed by atoms with Crippen LogP contribution < -0.4 is 5.73 Å². The minimum absolute atomic E-state index is 0.491. The predicted octanol–water partition coefficient (Wildman–Crippen LogP) is 1.41. The van der Waals surface area contributed by atoms with E-state index in [4.69, 9.17) is 5.73 Å². The van der Waals surface area contributed by atoms with Crippen LogP contribution in [-0.2, 0) is 13.2 Å². The fourth-order valence-electron chi connectivity index (χ4n) is 1.08. The minimum atomic E-state index is -4.64. The molecule has 0 amide bonds. The molecule has 1 aromatic rings. The first-order valence-electron chi connectivity index (χ1n) is 3.81. The zero-order valence-electron chi connectivity index (χ0n) is 7.35. The highest BCUT2D eigenvalue weighted by atomic mass is 19.4. The van der Waals surface area contributed by atoms with Crippen molar-refractivity contribution < 1.29 is 17.6 Å². The Bertz CT molecular complexity index is 317. The molecule has 1 heterocycles. The summed E-state index contributed by atoms with van der Waals surface area (Å²) in [5.41, 5.74) is 3.22. The monoisotopic (exact) mass is 211 g/mol. The molecule has 1 rings (SSSR count). The summed E-state index contributed by atoms with van der Waals surface area (Å²) in [6, 6.07) is 0. The summed E-state index contributed by atoms with van der Waals surface area (Å²) in [6.45, 7) is -0.491. The molecule has 7 heteroatoms. The van der Waals surface area contributed by atoms with Crippen molar-refractivity contribution in [3.8, 4) is 0 Å². The molecule has 0 fully saturated rings. The summed E-state index contributed by atoms with van der Waals surface area (Å²) in [5, 5.41) is 3.15. The van der Waals surface area contributed by atoms with E-state index in [9.17, 15) is 17.6 Å². The zero-order valence-corrected chi connectivity index (χ0v) is 7.35. The number of aromatic nitrogens is 2. The molecule has 2 N–H and O–H groups in total. The molecule has 0 spiro atoms. The highest BCUT2D eigenvalue weighted by Crippen LogP contribution is 2.34. The van der Waals surface area contributed by atoms with Crippen LogP contribution in [0.3, 0.4) is 0 Å². The van der Waals surface area contributed by atoms with Gasteiger partial charge in [-0.25, -0.2) is 4.39 Å². The van der Waals surface area contributed by atoms with E-state index < -0.39 is 30.2 Å². The lowest BCUT2D eigenvalue weighted by molar-refractivity contribution is -0.142. The van der Waals surface area contributed by atoms with Crippen molar-refractivity contribution >= 4 is 0 Å². The van der Waals surface area contributed by atoms with Gasteiger partial charge in [0.15, 0.2) is 5.69 Å². The van der Waals surface area contributed by atoms with Gasteiger partial charge < -0.3 is 5.73 Å². The number of nitrogens with zero attached hydrogens (tertiary/aromatic N) is 2. The molecule has 0 aromatic carbocycles. The lowest BCUT2D eigenvalue weighted by Gasteiger charge is -2.07. The second-order valence-corrected chi connectivity index (χ2v) is 2.81. The Morgan fingerprint density at radius 1 is 1.57 bits per heavy atom. The zero-order chi connectivity index (χ0) is 10.9. The molecular formula is C7H9F4N3. The molecule has 1 unspecified atom stereocenters. The standard InChI is InChI=1S/C7H9F4N3/c1-14-3-4(5(8)2-12)6(13-14)7(9,10)11/h3,5H,2,12H2,1H3. The summed E-state index contributed by atoms with van der Waals surface area (Å²) in [5.74, 6) is 0. The summed E-state index contributed by atoms with van der Waals surface area (Å²) >= 11 is 0. The van der Waals surface area contributed by atoms with Crippen molar-refractivity contribution in [2.75, 3.05) is 6.54 Å². The van der Waals surface area contributed by atoms with Crippen LogP contribution in [0.1, 0.15) is 17.4 Å². The Kier molecular flexibility index (Phi) is 2.79. The molecule has 0 aliphatic rings.